The number of phenols is 1. The van der Waals surface area contributed by atoms with Crippen molar-refractivity contribution in [2.24, 2.45) is 0 Å². The van der Waals surface area contributed by atoms with Crippen molar-refractivity contribution in [1.29, 1.82) is 0 Å². The maximum atomic E-state index is 12.3. The number of phenolic OH excluding ortho intramolecular Hbond substituents is 1. The smallest absolute Gasteiger partial charge is 0.342 e. The number of aromatic hydroxyl groups is 1. The van der Waals surface area contributed by atoms with E-state index >= 15 is 0 Å². The number of halogens is 1. The van der Waals surface area contributed by atoms with Crippen LogP contribution in [-0.4, -0.2) is 61.0 Å². The number of esters is 1. The number of sulfone groups is 1. The highest BCUT2D eigenvalue weighted by Gasteiger charge is 2.35. The Labute approximate surface area is 145 Å². The van der Waals surface area contributed by atoms with Crippen LogP contribution < -0.4 is 0 Å². The number of hydrogen-bond donors (Lipinski definition) is 1. The molecule has 1 N–H and O–H groups in total. The molecule has 1 aromatic rings. The zero-order chi connectivity index (χ0) is 18.1. The Morgan fingerprint density at radius 1 is 1.42 bits per heavy atom. The second kappa shape index (κ2) is 6.98. The molecule has 1 aromatic carbocycles. The Hall–Kier alpha value is -1.80. The van der Waals surface area contributed by atoms with Crippen LogP contribution >= 0.6 is 11.6 Å². The molecule has 0 unspecified atom stereocenters. The topological polar surface area (TPSA) is 101 Å². The number of carbonyl (C=O) groups is 2. The van der Waals surface area contributed by atoms with Crippen molar-refractivity contribution in [3.8, 4) is 5.75 Å². The van der Waals surface area contributed by atoms with Crippen molar-refractivity contribution in [3.05, 3.63) is 28.8 Å². The van der Waals surface area contributed by atoms with E-state index in [-0.39, 0.29) is 27.8 Å². The maximum absolute atomic E-state index is 12.3. The molecule has 0 aliphatic carbocycles. The van der Waals surface area contributed by atoms with Crippen molar-refractivity contribution in [1.82, 2.24) is 4.90 Å². The molecule has 7 nitrogen and oxygen atoms in total. The predicted octanol–water partition coefficient (Wildman–Crippen LogP) is 1.24. The van der Waals surface area contributed by atoms with Crippen LogP contribution in [0.5, 0.6) is 5.75 Å². The minimum Gasteiger partial charge on any atom is -0.507 e. The third-order valence-electron chi connectivity index (χ3n) is 3.92. The zero-order valence-electron chi connectivity index (χ0n) is 13.2. The highest BCUT2D eigenvalue weighted by atomic mass is 35.5. The Morgan fingerprint density at radius 3 is 2.62 bits per heavy atom. The van der Waals surface area contributed by atoms with Gasteiger partial charge in [-0.05, 0) is 31.5 Å². The Balaban J connectivity index is 2.02. The lowest BCUT2D eigenvalue weighted by Crippen LogP contribution is -2.44. The van der Waals surface area contributed by atoms with Crippen molar-refractivity contribution < 1.29 is 27.9 Å². The first kappa shape index (κ1) is 18.5. The zero-order valence-corrected chi connectivity index (χ0v) is 14.8. The number of ether oxygens (including phenoxy) is 1. The molecule has 1 fully saturated rings. The normalized spacial score (nSPS) is 20.4. The van der Waals surface area contributed by atoms with E-state index in [2.05, 4.69) is 0 Å². The lowest BCUT2D eigenvalue weighted by atomic mass is 10.2. The van der Waals surface area contributed by atoms with E-state index < -0.39 is 33.9 Å². The van der Waals surface area contributed by atoms with Gasteiger partial charge in [0.2, 0.25) is 0 Å². The molecule has 1 aliphatic rings. The van der Waals surface area contributed by atoms with Gasteiger partial charge in [-0.15, -0.1) is 0 Å². The molecule has 0 radical (unpaired) electrons. The van der Waals surface area contributed by atoms with Gasteiger partial charge in [-0.3, -0.25) is 4.79 Å². The summed E-state index contributed by atoms with van der Waals surface area (Å²) in [5.41, 5.74) is -0.106. The van der Waals surface area contributed by atoms with Crippen molar-refractivity contribution >= 4 is 33.3 Å². The van der Waals surface area contributed by atoms with E-state index in [9.17, 15) is 23.1 Å². The summed E-state index contributed by atoms with van der Waals surface area (Å²) < 4.78 is 28.1. The molecule has 0 saturated carbocycles. The number of carbonyl (C=O) groups excluding carboxylic acids is 2. The van der Waals surface area contributed by atoms with Gasteiger partial charge in [0.05, 0.1) is 11.5 Å². The van der Waals surface area contributed by atoms with E-state index in [1.165, 1.54) is 37.1 Å². The standard InChI is InChI=1S/C15H18ClNO6S/c1-9(14(19)17(2)11-5-6-24(21,22)8-11)23-15(20)12-4-3-10(16)7-13(12)18/h3-4,7,9,11,18H,5-6,8H2,1-2H3/t9-,11-/m0/s1. The third-order valence-corrected chi connectivity index (χ3v) is 5.90. The first-order chi connectivity index (χ1) is 11.1. The maximum Gasteiger partial charge on any atom is 0.342 e. The van der Waals surface area contributed by atoms with Crippen LogP contribution in [0.2, 0.25) is 5.02 Å². The first-order valence-corrected chi connectivity index (χ1v) is 9.47. The fourth-order valence-corrected chi connectivity index (χ4v) is 4.44. The molecule has 2 rings (SSSR count). The molecular weight excluding hydrogens is 358 g/mol. The van der Waals surface area contributed by atoms with Crippen LogP contribution in [0.4, 0.5) is 0 Å². The quantitative estimate of drug-likeness (QED) is 0.794. The van der Waals surface area contributed by atoms with E-state index in [0.717, 1.165) is 0 Å². The van der Waals surface area contributed by atoms with Gasteiger partial charge in [-0.25, -0.2) is 13.2 Å². The van der Waals surface area contributed by atoms with E-state index in [4.69, 9.17) is 16.3 Å². The number of hydrogen-bond acceptors (Lipinski definition) is 6. The number of amides is 1. The molecule has 2 atom stereocenters. The lowest BCUT2D eigenvalue weighted by Gasteiger charge is -2.26. The van der Waals surface area contributed by atoms with Crippen molar-refractivity contribution in [2.75, 3.05) is 18.6 Å². The van der Waals surface area contributed by atoms with Crippen LogP contribution in [0.25, 0.3) is 0 Å². The Kier molecular flexibility index (Phi) is 5.39. The first-order valence-electron chi connectivity index (χ1n) is 7.27. The summed E-state index contributed by atoms with van der Waals surface area (Å²) in [5, 5.41) is 9.96. The molecule has 1 heterocycles. The lowest BCUT2D eigenvalue weighted by molar-refractivity contribution is -0.140. The van der Waals surface area contributed by atoms with Gasteiger partial charge in [0, 0.05) is 18.1 Å². The fraction of sp³-hybridized carbons (Fsp3) is 0.467. The van der Waals surface area contributed by atoms with Gasteiger partial charge in [-0.1, -0.05) is 11.6 Å². The molecule has 1 aliphatic heterocycles. The summed E-state index contributed by atoms with van der Waals surface area (Å²) in [7, 11) is -1.64. The van der Waals surface area contributed by atoms with Gasteiger partial charge in [-0.2, -0.15) is 0 Å². The van der Waals surface area contributed by atoms with E-state index in [1.54, 1.807) is 0 Å². The summed E-state index contributed by atoms with van der Waals surface area (Å²) in [4.78, 5) is 25.7. The average molecular weight is 376 g/mol. The molecular formula is C15H18ClNO6S. The Bertz CT molecular complexity index is 763. The highest BCUT2D eigenvalue weighted by molar-refractivity contribution is 7.91. The number of benzene rings is 1. The third kappa shape index (κ3) is 4.18. The predicted molar refractivity (Wildman–Crippen MR) is 87.8 cm³/mol. The second-order valence-corrected chi connectivity index (χ2v) is 8.38. The number of rotatable bonds is 4. The molecule has 0 bridgehead atoms. The molecule has 9 heteroatoms. The van der Waals surface area contributed by atoms with Crippen LogP contribution in [0, 0.1) is 0 Å². The largest absolute Gasteiger partial charge is 0.507 e. The van der Waals surface area contributed by atoms with E-state index in [0.29, 0.717) is 6.42 Å². The summed E-state index contributed by atoms with van der Waals surface area (Å²) in [6.07, 6.45) is -0.746. The summed E-state index contributed by atoms with van der Waals surface area (Å²) in [6.45, 7) is 1.40. The number of likely N-dealkylation sites (N-methyl/N-ethyl adjacent to an activating group) is 1. The monoisotopic (exact) mass is 375 g/mol. The van der Waals surface area contributed by atoms with Crippen LogP contribution in [-0.2, 0) is 19.4 Å². The molecule has 0 aromatic heterocycles. The summed E-state index contributed by atoms with van der Waals surface area (Å²) in [5.74, 6) is -1.76. The molecule has 24 heavy (non-hydrogen) atoms. The minimum absolute atomic E-state index is 0.0438. The summed E-state index contributed by atoms with van der Waals surface area (Å²) >= 11 is 5.69. The van der Waals surface area contributed by atoms with Gasteiger partial charge in [0.15, 0.2) is 15.9 Å². The van der Waals surface area contributed by atoms with Crippen molar-refractivity contribution in [2.45, 2.75) is 25.5 Å². The van der Waals surface area contributed by atoms with Gasteiger partial charge >= 0.3 is 5.97 Å². The molecule has 1 amide bonds. The van der Waals surface area contributed by atoms with Gasteiger partial charge in [0.1, 0.15) is 11.3 Å². The minimum atomic E-state index is -3.12. The SMILES string of the molecule is C[C@H](OC(=O)c1ccc(Cl)cc1O)C(=O)N(C)[C@H]1CCS(=O)(=O)C1. The Morgan fingerprint density at radius 2 is 2.08 bits per heavy atom. The van der Waals surface area contributed by atoms with E-state index in [1.807, 2.05) is 0 Å². The second-order valence-electron chi connectivity index (χ2n) is 5.72. The van der Waals surface area contributed by atoms with Crippen LogP contribution in [0.15, 0.2) is 18.2 Å². The van der Waals surface area contributed by atoms with Gasteiger partial charge in [0.25, 0.3) is 5.91 Å². The average Bonchev–Trinajstić information content (AvgIpc) is 2.85. The number of nitrogens with zero attached hydrogens (tertiary/aromatic N) is 1. The summed E-state index contributed by atoms with van der Waals surface area (Å²) in [6, 6.07) is 3.48. The van der Waals surface area contributed by atoms with Crippen LogP contribution in [0.1, 0.15) is 23.7 Å². The fourth-order valence-electron chi connectivity index (χ4n) is 2.50. The molecule has 1 saturated heterocycles. The highest BCUT2D eigenvalue weighted by Crippen LogP contribution is 2.23. The van der Waals surface area contributed by atoms with Crippen molar-refractivity contribution in [3.63, 3.8) is 0 Å². The van der Waals surface area contributed by atoms with Crippen LogP contribution in [0.3, 0.4) is 0 Å². The molecule has 132 valence electrons. The van der Waals surface area contributed by atoms with Gasteiger partial charge < -0.3 is 14.7 Å². The molecule has 0 spiro atoms.